The highest BCUT2D eigenvalue weighted by Gasteiger charge is 2.00. The molecule has 0 aromatic heterocycles. The van der Waals surface area contributed by atoms with Crippen molar-refractivity contribution < 1.29 is 4.79 Å². The van der Waals surface area contributed by atoms with Crippen LogP contribution in [-0.4, -0.2) is 31.4 Å². The molecule has 0 bridgehead atoms. The van der Waals surface area contributed by atoms with Crippen LogP contribution in [0.25, 0.3) is 6.08 Å². The molecular weight excluding hydrogens is 296 g/mol. The fraction of sp³-hybridized carbons (Fsp3) is 0.286. The van der Waals surface area contributed by atoms with Gasteiger partial charge in [-0.2, -0.15) is 0 Å². The number of nitrogens with one attached hydrogen (secondary N) is 1. The van der Waals surface area contributed by atoms with E-state index in [9.17, 15) is 4.79 Å². The third-order valence-electron chi connectivity index (χ3n) is 3.91. The average Bonchev–Trinajstić information content (AvgIpc) is 2.53. The van der Waals surface area contributed by atoms with E-state index in [0.717, 1.165) is 24.2 Å². The van der Waals surface area contributed by atoms with E-state index < -0.39 is 0 Å². The van der Waals surface area contributed by atoms with Crippen LogP contribution in [0.15, 0.2) is 48.5 Å². The lowest BCUT2D eigenvalue weighted by atomic mass is 10.1. The molecule has 2 aromatic carbocycles. The second-order valence-corrected chi connectivity index (χ2v) is 6.43. The molecule has 24 heavy (non-hydrogen) atoms. The Bertz CT molecular complexity index is 715. The van der Waals surface area contributed by atoms with Gasteiger partial charge in [0.15, 0.2) is 0 Å². The Hall–Kier alpha value is -2.39. The Morgan fingerprint density at radius 1 is 1.08 bits per heavy atom. The van der Waals surface area contributed by atoms with E-state index in [2.05, 4.69) is 62.4 Å². The number of amides is 1. The molecule has 1 amide bonds. The maximum atomic E-state index is 12.1. The molecule has 0 aliphatic carbocycles. The molecule has 2 aromatic rings. The van der Waals surface area contributed by atoms with Crippen LogP contribution in [-0.2, 0) is 11.2 Å². The highest BCUT2D eigenvalue weighted by Crippen LogP contribution is 2.13. The lowest BCUT2D eigenvalue weighted by Gasteiger charge is -2.09. The largest absolute Gasteiger partial charge is 0.323 e. The summed E-state index contributed by atoms with van der Waals surface area (Å²) < 4.78 is 0. The van der Waals surface area contributed by atoms with Crippen LogP contribution < -0.4 is 5.32 Å². The zero-order valence-electron chi connectivity index (χ0n) is 15.0. The summed E-state index contributed by atoms with van der Waals surface area (Å²) in [5, 5.41) is 2.90. The van der Waals surface area contributed by atoms with Gasteiger partial charge in [-0.25, -0.2) is 0 Å². The molecule has 0 aliphatic rings. The number of anilines is 1. The molecule has 3 heteroatoms. The zero-order chi connectivity index (χ0) is 17.5. The lowest BCUT2D eigenvalue weighted by molar-refractivity contribution is -0.111. The minimum absolute atomic E-state index is 0.115. The van der Waals surface area contributed by atoms with Crippen molar-refractivity contribution >= 4 is 17.7 Å². The van der Waals surface area contributed by atoms with Crippen LogP contribution in [0, 0.1) is 13.8 Å². The van der Waals surface area contributed by atoms with Crippen molar-refractivity contribution in [2.45, 2.75) is 20.3 Å². The van der Waals surface area contributed by atoms with Crippen molar-refractivity contribution in [3.05, 3.63) is 70.8 Å². The van der Waals surface area contributed by atoms with Gasteiger partial charge in [-0.05, 0) is 69.3 Å². The first kappa shape index (κ1) is 18.0. The molecule has 0 radical (unpaired) electrons. The van der Waals surface area contributed by atoms with Crippen LogP contribution in [0.3, 0.4) is 0 Å². The Morgan fingerprint density at radius 2 is 1.79 bits per heavy atom. The smallest absolute Gasteiger partial charge is 0.248 e. The number of benzene rings is 2. The summed E-state index contributed by atoms with van der Waals surface area (Å²) in [5.74, 6) is -0.115. The number of rotatable bonds is 6. The van der Waals surface area contributed by atoms with Crippen LogP contribution in [0.2, 0.25) is 0 Å². The predicted molar refractivity (Wildman–Crippen MR) is 102 cm³/mol. The monoisotopic (exact) mass is 322 g/mol. The van der Waals surface area contributed by atoms with E-state index >= 15 is 0 Å². The maximum Gasteiger partial charge on any atom is 0.248 e. The number of likely N-dealkylation sites (N-methyl/N-ethyl adjacent to an activating group) is 1. The predicted octanol–water partition coefficient (Wildman–Crippen LogP) is 4.06. The quantitative estimate of drug-likeness (QED) is 0.814. The van der Waals surface area contributed by atoms with Gasteiger partial charge >= 0.3 is 0 Å². The fourth-order valence-corrected chi connectivity index (χ4v) is 2.47. The molecule has 1 N–H and O–H groups in total. The average molecular weight is 322 g/mol. The number of carbonyl (C=O) groups excluding carboxylic acids is 1. The summed E-state index contributed by atoms with van der Waals surface area (Å²) in [5.41, 5.74) is 5.55. The molecule has 126 valence electrons. The van der Waals surface area contributed by atoms with Gasteiger partial charge in [0.25, 0.3) is 0 Å². The Labute approximate surface area is 145 Å². The second-order valence-electron chi connectivity index (χ2n) is 6.43. The van der Waals surface area contributed by atoms with Crippen molar-refractivity contribution in [1.29, 1.82) is 0 Å². The minimum Gasteiger partial charge on any atom is -0.323 e. The first-order valence-electron chi connectivity index (χ1n) is 8.24. The number of carbonyl (C=O) groups is 1. The van der Waals surface area contributed by atoms with Crippen LogP contribution >= 0.6 is 0 Å². The third kappa shape index (κ3) is 5.67. The highest BCUT2D eigenvalue weighted by atomic mass is 16.1. The first-order chi connectivity index (χ1) is 11.4. The maximum absolute atomic E-state index is 12.1. The van der Waals surface area contributed by atoms with Crippen LogP contribution in [0.5, 0.6) is 0 Å². The standard InChI is InChI=1S/C21H26N2O/c1-16-5-8-19(17(2)15-16)9-12-21(24)22-20-10-6-18(7-11-20)13-14-23(3)4/h5-12,15H,13-14H2,1-4H3,(H,22,24)/b12-9+. The second kappa shape index (κ2) is 8.46. The van der Waals surface area contributed by atoms with Crippen molar-refractivity contribution in [3.8, 4) is 0 Å². The summed E-state index contributed by atoms with van der Waals surface area (Å²) in [6.45, 7) is 5.14. The molecule has 2 rings (SSSR count). The number of hydrogen-bond donors (Lipinski definition) is 1. The topological polar surface area (TPSA) is 32.3 Å². The van der Waals surface area contributed by atoms with Gasteiger partial charge in [0.2, 0.25) is 5.91 Å². The van der Waals surface area contributed by atoms with E-state index in [1.807, 2.05) is 24.3 Å². The molecule has 3 nitrogen and oxygen atoms in total. The zero-order valence-corrected chi connectivity index (χ0v) is 15.0. The van der Waals surface area contributed by atoms with Gasteiger partial charge in [0.1, 0.15) is 0 Å². The number of nitrogens with zero attached hydrogens (tertiary/aromatic N) is 1. The van der Waals surface area contributed by atoms with Crippen LogP contribution in [0.4, 0.5) is 5.69 Å². The lowest BCUT2D eigenvalue weighted by Crippen LogP contribution is -2.15. The van der Waals surface area contributed by atoms with Gasteiger partial charge in [-0.3, -0.25) is 4.79 Å². The van der Waals surface area contributed by atoms with Crippen LogP contribution in [0.1, 0.15) is 22.3 Å². The van der Waals surface area contributed by atoms with Gasteiger partial charge in [0, 0.05) is 18.3 Å². The minimum atomic E-state index is -0.115. The molecule has 0 spiro atoms. The first-order valence-corrected chi connectivity index (χ1v) is 8.24. The van der Waals surface area contributed by atoms with E-state index in [1.54, 1.807) is 6.08 Å². The Kier molecular flexibility index (Phi) is 6.33. The van der Waals surface area contributed by atoms with Gasteiger partial charge < -0.3 is 10.2 Å². The van der Waals surface area contributed by atoms with E-state index in [0.29, 0.717) is 0 Å². The highest BCUT2D eigenvalue weighted by molar-refractivity contribution is 6.02. The van der Waals surface area contributed by atoms with Gasteiger partial charge in [0.05, 0.1) is 0 Å². The summed E-state index contributed by atoms with van der Waals surface area (Å²) >= 11 is 0. The fourth-order valence-electron chi connectivity index (χ4n) is 2.47. The van der Waals surface area contributed by atoms with Gasteiger partial charge in [-0.15, -0.1) is 0 Å². The summed E-state index contributed by atoms with van der Waals surface area (Å²) in [7, 11) is 4.13. The SMILES string of the molecule is Cc1ccc(/C=C/C(=O)Nc2ccc(CCN(C)C)cc2)c(C)c1. The molecule has 0 saturated heterocycles. The van der Waals surface area contributed by atoms with E-state index in [-0.39, 0.29) is 5.91 Å². The van der Waals surface area contributed by atoms with Crippen molar-refractivity contribution in [2.75, 3.05) is 26.0 Å². The van der Waals surface area contributed by atoms with E-state index in [4.69, 9.17) is 0 Å². The molecule has 0 atom stereocenters. The molecule has 0 aliphatic heterocycles. The normalized spacial score (nSPS) is 11.2. The molecule has 0 fully saturated rings. The summed E-state index contributed by atoms with van der Waals surface area (Å²) in [6, 6.07) is 14.2. The van der Waals surface area contributed by atoms with Gasteiger partial charge in [-0.1, -0.05) is 35.9 Å². The molecule has 0 heterocycles. The number of hydrogen-bond acceptors (Lipinski definition) is 2. The van der Waals surface area contributed by atoms with Crippen molar-refractivity contribution in [3.63, 3.8) is 0 Å². The number of aryl methyl sites for hydroxylation is 2. The van der Waals surface area contributed by atoms with E-state index in [1.165, 1.54) is 16.7 Å². The molecular formula is C21H26N2O. The van der Waals surface area contributed by atoms with Crippen molar-refractivity contribution in [1.82, 2.24) is 4.90 Å². The molecule has 0 unspecified atom stereocenters. The summed E-state index contributed by atoms with van der Waals surface area (Å²) in [6.07, 6.45) is 4.45. The van der Waals surface area contributed by atoms with Crippen molar-refractivity contribution in [2.24, 2.45) is 0 Å². The molecule has 0 saturated carbocycles. The Balaban J connectivity index is 1.93. The Morgan fingerprint density at radius 3 is 2.42 bits per heavy atom. The summed E-state index contributed by atoms with van der Waals surface area (Å²) in [4.78, 5) is 14.2. The third-order valence-corrected chi connectivity index (χ3v) is 3.91.